The molecule has 0 aromatic carbocycles. The number of aromatic nitrogens is 3. The highest BCUT2D eigenvalue weighted by Crippen LogP contribution is 2.11. The molecule has 0 aliphatic rings. The van der Waals surface area contributed by atoms with Gasteiger partial charge in [0.2, 0.25) is 0 Å². The first kappa shape index (κ1) is 12.3. The minimum atomic E-state index is 0.000521. The van der Waals surface area contributed by atoms with E-state index in [0.717, 1.165) is 11.3 Å². The topological polar surface area (TPSA) is 61.9 Å². The number of aromatic amines is 1. The van der Waals surface area contributed by atoms with Crippen molar-refractivity contribution in [2.24, 2.45) is 0 Å². The fourth-order valence-corrected chi connectivity index (χ4v) is 1.77. The van der Waals surface area contributed by atoms with Crippen molar-refractivity contribution in [2.45, 2.75) is 20.4 Å². The third-order valence-corrected chi connectivity index (χ3v) is 2.85. The highest BCUT2D eigenvalue weighted by Gasteiger charge is 2.17. The summed E-state index contributed by atoms with van der Waals surface area (Å²) >= 11 is 0. The predicted molar refractivity (Wildman–Crippen MR) is 68.0 cm³/mol. The smallest absolute Gasteiger partial charge is 0.257 e. The fourth-order valence-electron chi connectivity index (χ4n) is 1.77. The Morgan fingerprint density at radius 1 is 1.39 bits per heavy atom. The van der Waals surface area contributed by atoms with Crippen LogP contribution in [-0.2, 0) is 6.54 Å². The Hall–Kier alpha value is -2.17. The quantitative estimate of drug-likeness (QED) is 0.891. The van der Waals surface area contributed by atoms with Gasteiger partial charge in [0.25, 0.3) is 5.91 Å². The van der Waals surface area contributed by atoms with Gasteiger partial charge in [-0.3, -0.25) is 14.9 Å². The molecule has 2 rings (SSSR count). The highest BCUT2D eigenvalue weighted by molar-refractivity contribution is 5.94. The van der Waals surface area contributed by atoms with Crippen molar-refractivity contribution in [3.63, 3.8) is 0 Å². The van der Waals surface area contributed by atoms with E-state index in [2.05, 4.69) is 15.2 Å². The lowest BCUT2D eigenvalue weighted by Gasteiger charge is -2.20. The van der Waals surface area contributed by atoms with Crippen LogP contribution in [0.1, 0.15) is 28.5 Å². The van der Waals surface area contributed by atoms with Crippen LogP contribution in [0.2, 0.25) is 0 Å². The molecule has 94 valence electrons. The number of hydrogen-bond acceptors (Lipinski definition) is 3. The lowest BCUT2D eigenvalue weighted by atomic mass is 10.2. The molecule has 0 saturated carbocycles. The van der Waals surface area contributed by atoms with E-state index in [-0.39, 0.29) is 5.91 Å². The molecule has 1 N–H and O–H groups in total. The number of nitrogens with zero attached hydrogens (tertiary/aromatic N) is 3. The minimum absolute atomic E-state index is 0.000521. The van der Waals surface area contributed by atoms with Crippen LogP contribution in [0.3, 0.4) is 0 Å². The van der Waals surface area contributed by atoms with E-state index >= 15 is 0 Å². The van der Waals surface area contributed by atoms with Crippen LogP contribution in [0.5, 0.6) is 0 Å². The molecular weight excluding hydrogens is 228 g/mol. The number of H-pyrrole nitrogens is 1. The van der Waals surface area contributed by atoms with Crippen molar-refractivity contribution < 1.29 is 4.79 Å². The van der Waals surface area contributed by atoms with Gasteiger partial charge in [-0.05, 0) is 31.5 Å². The monoisotopic (exact) mass is 244 g/mol. The molecule has 2 heterocycles. The maximum atomic E-state index is 12.3. The van der Waals surface area contributed by atoms with Crippen molar-refractivity contribution in [2.75, 3.05) is 6.54 Å². The van der Waals surface area contributed by atoms with Crippen molar-refractivity contribution in [1.29, 1.82) is 0 Å². The molecule has 5 heteroatoms. The van der Waals surface area contributed by atoms with Gasteiger partial charge in [0, 0.05) is 31.2 Å². The van der Waals surface area contributed by atoms with E-state index in [9.17, 15) is 4.79 Å². The first-order chi connectivity index (χ1) is 8.72. The zero-order chi connectivity index (χ0) is 13.0. The summed E-state index contributed by atoms with van der Waals surface area (Å²) in [6, 6.07) is 3.83. The van der Waals surface area contributed by atoms with Crippen LogP contribution >= 0.6 is 0 Å². The maximum absolute atomic E-state index is 12.3. The van der Waals surface area contributed by atoms with Crippen molar-refractivity contribution in [1.82, 2.24) is 20.1 Å². The molecule has 18 heavy (non-hydrogen) atoms. The van der Waals surface area contributed by atoms with Gasteiger partial charge in [-0.15, -0.1) is 0 Å². The summed E-state index contributed by atoms with van der Waals surface area (Å²) in [5.74, 6) is 0.000521. The summed E-state index contributed by atoms with van der Waals surface area (Å²) in [6.45, 7) is 5.06. The van der Waals surface area contributed by atoms with Gasteiger partial charge in [-0.25, -0.2) is 0 Å². The van der Waals surface area contributed by atoms with Gasteiger partial charge in [-0.2, -0.15) is 5.10 Å². The standard InChI is InChI=1S/C13H16N4O/c1-3-17(9-11-4-6-14-7-5-11)13(18)12-8-15-16-10(12)2/h4-8H,3,9H2,1-2H3,(H,15,16). The first-order valence-electron chi connectivity index (χ1n) is 5.90. The molecule has 5 nitrogen and oxygen atoms in total. The first-order valence-corrected chi connectivity index (χ1v) is 5.90. The summed E-state index contributed by atoms with van der Waals surface area (Å²) < 4.78 is 0. The van der Waals surface area contributed by atoms with E-state index in [1.165, 1.54) is 0 Å². The minimum Gasteiger partial charge on any atom is -0.334 e. The number of carbonyl (C=O) groups excluding carboxylic acids is 1. The number of hydrogen-bond donors (Lipinski definition) is 1. The van der Waals surface area contributed by atoms with Gasteiger partial charge in [0.1, 0.15) is 0 Å². The molecule has 0 radical (unpaired) electrons. The second kappa shape index (κ2) is 5.44. The highest BCUT2D eigenvalue weighted by atomic mass is 16.2. The Morgan fingerprint density at radius 3 is 2.67 bits per heavy atom. The summed E-state index contributed by atoms with van der Waals surface area (Å²) in [7, 11) is 0. The maximum Gasteiger partial charge on any atom is 0.257 e. The normalized spacial score (nSPS) is 10.3. The Bertz CT molecular complexity index is 521. The largest absolute Gasteiger partial charge is 0.334 e. The fraction of sp³-hybridized carbons (Fsp3) is 0.308. The molecule has 0 spiro atoms. The molecule has 0 aliphatic heterocycles. The van der Waals surface area contributed by atoms with Gasteiger partial charge >= 0.3 is 0 Å². The molecule has 0 atom stereocenters. The van der Waals surface area contributed by atoms with Crippen LogP contribution < -0.4 is 0 Å². The number of amides is 1. The van der Waals surface area contributed by atoms with Crippen molar-refractivity contribution in [3.05, 3.63) is 47.5 Å². The average molecular weight is 244 g/mol. The number of rotatable bonds is 4. The summed E-state index contributed by atoms with van der Waals surface area (Å²) in [6.07, 6.45) is 5.04. The Balaban J connectivity index is 2.15. The Morgan fingerprint density at radius 2 is 2.11 bits per heavy atom. The summed E-state index contributed by atoms with van der Waals surface area (Å²) in [5.41, 5.74) is 2.50. The molecule has 1 amide bonds. The Labute approximate surface area is 106 Å². The average Bonchev–Trinajstić information content (AvgIpc) is 2.82. The number of nitrogens with one attached hydrogen (secondary N) is 1. The van der Waals surface area contributed by atoms with E-state index in [1.54, 1.807) is 23.5 Å². The van der Waals surface area contributed by atoms with Crippen LogP contribution in [0.4, 0.5) is 0 Å². The lowest BCUT2D eigenvalue weighted by Crippen LogP contribution is -2.30. The zero-order valence-electron chi connectivity index (χ0n) is 10.6. The van der Waals surface area contributed by atoms with Crippen molar-refractivity contribution in [3.8, 4) is 0 Å². The summed E-state index contributed by atoms with van der Waals surface area (Å²) in [4.78, 5) is 18.1. The van der Waals surface area contributed by atoms with E-state index in [4.69, 9.17) is 0 Å². The van der Waals surface area contributed by atoms with Gasteiger partial charge in [0.05, 0.1) is 11.8 Å². The van der Waals surface area contributed by atoms with Crippen LogP contribution in [0.25, 0.3) is 0 Å². The van der Waals surface area contributed by atoms with Gasteiger partial charge in [-0.1, -0.05) is 0 Å². The molecule has 0 fully saturated rings. The second-order valence-corrected chi connectivity index (χ2v) is 4.08. The SMILES string of the molecule is CCN(Cc1ccncc1)C(=O)c1cn[nH]c1C. The zero-order valence-corrected chi connectivity index (χ0v) is 10.6. The van der Waals surface area contributed by atoms with Crippen LogP contribution in [0.15, 0.2) is 30.7 Å². The van der Waals surface area contributed by atoms with Crippen molar-refractivity contribution >= 4 is 5.91 Å². The van der Waals surface area contributed by atoms with E-state index in [1.807, 2.05) is 26.0 Å². The predicted octanol–water partition coefficient (Wildman–Crippen LogP) is 1.78. The van der Waals surface area contributed by atoms with E-state index in [0.29, 0.717) is 18.7 Å². The lowest BCUT2D eigenvalue weighted by molar-refractivity contribution is 0.0752. The molecule has 0 aliphatic carbocycles. The number of pyridine rings is 1. The van der Waals surface area contributed by atoms with Crippen LogP contribution in [0, 0.1) is 6.92 Å². The molecule has 2 aromatic heterocycles. The van der Waals surface area contributed by atoms with E-state index < -0.39 is 0 Å². The third-order valence-electron chi connectivity index (χ3n) is 2.85. The Kier molecular flexibility index (Phi) is 3.72. The van der Waals surface area contributed by atoms with Gasteiger partial charge in [0.15, 0.2) is 0 Å². The molecule has 0 saturated heterocycles. The van der Waals surface area contributed by atoms with Gasteiger partial charge < -0.3 is 4.90 Å². The second-order valence-electron chi connectivity index (χ2n) is 4.08. The number of aryl methyl sites for hydroxylation is 1. The molecule has 0 bridgehead atoms. The third kappa shape index (κ3) is 2.56. The number of carbonyl (C=O) groups is 1. The molecule has 0 unspecified atom stereocenters. The molecular formula is C13H16N4O. The summed E-state index contributed by atoms with van der Waals surface area (Å²) in [5, 5.41) is 6.67. The van der Waals surface area contributed by atoms with Crippen LogP contribution in [-0.4, -0.2) is 32.5 Å². The molecule has 2 aromatic rings.